The van der Waals surface area contributed by atoms with Crippen molar-refractivity contribution in [2.75, 3.05) is 13.2 Å². The predicted octanol–water partition coefficient (Wildman–Crippen LogP) is 2.40. The summed E-state index contributed by atoms with van der Waals surface area (Å²) in [5, 5.41) is 0. The van der Waals surface area contributed by atoms with E-state index in [0.717, 1.165) is 0 Å². The molecule has 2 aromatic carbocycles. The highest BCUT2D eigenvalue weighted by atomic mass is 32.2. The van der Waals surface area contributed by atoms with Crippen LogP contribution < -0.4 is 14.2 Å². The van der Waals surface area contributed by atoms with Crippen LogP contribution in [0.1, 0.15) is 17.4 Å². The molecule has 1 N–H and O–H groups in total. The fourth-order valence-corrected chi connectivity index (χ4v) is 4.22. The Kier molecular flexibility index (Phi) is 4.78. The van der Waals surface area contributed by atoms with Gasteiger partial charge >= 0.3 is 0 Å². The number of hydrogen-bond acceptors (Lipinski definition) is 5. The fourth-order valence-electron chi connectivity index (χ4n) is 3.03. The van der Waals surface area contributed by atoms with Gasteiger partial charge in [-0.2, -0.15) is 4.72 Å². The molecule has 0 radical (unpaired) electrons. The number of ether oxygens (including phenoxy) is 2. The van der Waals surface area contributed by atoms with Crippen molar-refractivity contribution in [3.8, 4) is 11.5 Å². The third-order valence-corrected chi connectivity index (χ3v) is 5.82. The number of rotatable bonds is 5. The van der Waals surface area contributed by atoms with E-state index in [9.17, 15) is 12.8 Å². The Labute approximate surface area is 161 Å². The van der Waals surface area contributed by atoms with E-state index in [1.54, 1.807) is 36.1 Å². The van der Waals surface area contributed by atoms with Crippen molar-refractivity contribution >= 4 is 10.0 Å². The zero-order valence-electron chi connectivity index (χ0n) is 15.0. The highest BCUT2D eigenvalue weighted by molar-refractivity contribution is 7.89. The SMILES string of the molecule is Cn1ccnc1C(NS(=O)(=O)c1ccc2c(c1)OCCO2)c1cccc(F)c1. The van der Waals surface area contributed by atoms with E-state index < -0.39 is 21.9 Å². The minimum absolute atomic E-state index is 0.0207. The molecule has 0 saturated heterocycles. The van der Waals surface area contributed by atoms with Gasteiger partial charge in [-0.25, -0.2) is 17.8 Å². The molecule has 4 rings (SSSR count). The molecule has 1 aliphatic rings. The molecule has 9 heteroatoms. The van der Waals surface area contributed by atoms with Crippen LogP contribution in [0.4, 0.5) is 4.39 Å². The van der Waals surface area contributed by atoms with Gasteiger partial charge in [0, 0.05) is 25.5 Å². The second kappa shape index (κ2) is 7.25. The van der Waals surface area contributed by atoms with Gasteiger partial charge in [-0.05, 0) is 29.8 Å². The molecule has 0 bridgehead atoms. The number of hydrogen-bond donors (Lipinski definition) is 1. The van der Waals surface area contributed by atoms with Crippen molar-refractivity contribution in [3.05, 3.63) is 72.1 Å². The summed E-state index contributed by atoms with van der Waals surface area (Å²) in [5.41, 5.74) is 0.440. The summed E-state index contributed by atoms with van der Waals surface area (Å²) in [6, 6.07) is 9.30. The first-order chi connectivity index (χ1) is 13.4. The topological polar surface area (TPSA) is 82.5 Å². The van der Waals surface area contributed by atoms with E-state index in [1.807, 2.05) is 0 Å². The van der Waals surface area contributed by atoms with Crippen LogP contribution >= 0.6 is 0 Å². The molecule has 146 valence electrons. The van der Waals surface area contributed by atoms with Gasteiger partial charge in [-0.15, -0.1) is 0 Å². The van der Waals surface area contributed by atoms with Gasteiger partial charge in [-0.3, -0.25) is 0 Å². The van der Waals surface area contributed by atoms with Gasteiger partial charge in [0.2, 0.25) is 10.0 Å². The van der Waals surface area contributed by atoms with Gasteiger partial charge < -0.3 is 14.0 Å². The average molecular weight is 403 g/mol. The Hall–Kier alpha value is -2.91. The number of aryl methyl sites for hydroxylation is 1. The van der Waals surface area contributed by atoms with Crippen molar-refractivity contribution in [1.82, 2.24) is 14.3 Å². The maximum atomic E-state index is 13.8. The lowest BCUT2D eigenvalue weighted by molar-refractivity contribution is 0.171. The molecule has 0 fully saturated rings. The van der Waals surface area contributed by atoms with Crippen LogP contribution in [0.5, 0.6) is 11.5 Å². The summed E-state index contributed by atoms with van der Waals surface area (Å²) >= 11 is 0. The van der Waals surface area contributed by atoms with Gasteiger partial charge in [0.15, 0.2) is 11.5 Å². The van der Waals surface area contributed by atoms with Gasteiger partial charge in [-0.1, -0.05) is 12.1 Å². The Morgan fingerprint density at radius 2 is 1.93 bits per heavy atom. The lowest BCUT2D eigenvalue weighted by atomic mass is 10.1. The summed E-state index contributed by atoms with van der Waals surface area (Å²) in [5.74, 6) is 0.839. The standard InChI is InChI=1S/C19H18FN3O4S/c1-23-8-7-21-19(23)18(13-3-2-4-14(20)11-13)22-28(24,25)15-5-6-16-17(12-15)27-10-9-26-16/h2-8,11-12,18,22H,9-10H2,1H3. The molecule has 0 saturated carbocycles. The van der Waals surface area contributed by atoms with E-state index in [4.69, 9.17) is 9.47 Å². The van der Waals surface area contributed by atoms with E-state index in [2.05, 4.69) is 9.71 Å². The highest BCUT2D eigenvalue weighted by Gasteiger charge is 2.27. The normalized spacial score (nSPS) is 14.6. The Morgan fingerprint density at radius 1 is 1.14 bits per heavy atom. The van der Waals surface area contributed by atoms with Crippen LogP contribution in [-0.2, 0) is 17.1 Å². The van der Waals surface area contributed by atoms with E-state index in [-0.39, 0.29) is 4.90 Å². The Morgan fingerprint density at radius 3 is 2.64 bits per heavy atom. The minimum Gasteiger partial charge on any atom is -0.486 e. The van der Waals surface area contributed by atoms with Crippen LogP contribution in [0.15, 0.2) is 59.8 Å². The minimum atomic E-state index is -3.96. The summed E-state index contributed by atoms with van der Waals surface area (Å²) < 4.78 is 55.1. The lowest BCUT2D eigenvalue weighted by Crippen LogP contribution is -2.31. The maximum Gasteiger partial charge on any atom is 0.241 e. The molecule has 7 nitrogen and oxygen atoms in total. The molecule has 2 heterocycles. The number of nitrogens with one attached hydrogen (secondary N) is 1. The molecule has 1 unspecified atom stereocenters. The molecule has 3 aromatic rings. The molecule has 1 atom stereocenters. The zero-order chi connectivity index (χ0) is 19.7. The number of halogens is 1. The number of imidazole rings is 1. The van der Waals surface area contributed by atoms with E-state index in [0.29, 0.717) is 36.1 Å². The molecule has 1 aromatic heterocycles. The molecule has 28 heavy (non-hydrogen) atoms. The average Bonchev–Trinajstić information content (AvgIpc) is 3.11. The second-order valence-electron chi connectivity index (χ2n) is 6.31. The third-order valence-electron chi connectivity index (χ3n) is 4.40. The number of sulfonamides is 1. The highest BCUT2D eigenvalue weighted by Crippen LogP contribution is 2.33. The fraction of sp³-hybridized carbons (Fsp3) is 0.211. The first kappa shape index (κ1) is 18.5. The van der Waals surface area contributed by atoms with E-state index >= 15 is 0 Å². The molecular weight excluding hydrogens is 385 g/mol. The van der Waals surface area contributed by atoms with Crippen molar-refractivity contribution in [3.63, 3.8) is 0 Å². The Balaban J connectivity index is 1.73. The van der Waals surface area contributed by atoms with Crippen molar-refractivity contribution < 1.29 is 22.3 Å². The van der Waals surface area contributed by atoms with Crippen molar-refractivity contribution in [1.29, 1.82) is 0 Å². The van der Waals surface area contributed by atoms with Gasteiger partial charge in [0.25, 0.3) is 0 Å². The number of nitrogens with zero attached hydrogens (tertiary/aromatic N) is 2. The predicted molar refractivity (Wildman–Crippen MR) is 99.2 cm³/mol. The smallest absolute Gasteiger partial charge is 0.241 e. The van der Waals surface area contributed by atoms with Crippen LogP contribution in [0.2, 0.25) is 0 Å². The van der Waals surface area contributed by atoms with Gasteiger partial charge in [0.05, 0.1) is 4.90 Å². The third kappa shape index (κ3) is 3.58. The number of fused-ring (bicyclic) bond motifs is 1. The second-order valence-corrected chi connectivity index (χ2v) is 8.03. The summed E-state index contributed by atoms with van der Waals surface area (Å²) in [6.07, 6.45) is 3.25. The van der Waals surface area contributed by atoms with Crippen molar-refractivity contribution in [2.24, 2.45) is 7.05 Å². The van der Waals surface area contributed by atoms with Crippen molar-refractivity contribution in [2.45, 2.75) is 10.9 Å². The number of aromatic nitrogens is 2. The lowest BCUT2D eigenvalue weighted by Gasteiger charge is -2.21. The van der Waals surface area contributed by atoms with Crippen LogP contribution in [0.25, 0.3) is 0 Å². The van der Waals surface area contributed by atoms with E-state index in [1.165, 1.54) is 30.3 Å². The molecule has 0 amide bonds. The van der Waals surface area contributed by atoms with Crippen LogP contribution in [0, 0.1) is 5.82 Å². The summed E-state index contributed by atoms with van der Waals surface area (Å²) in [4.78, 5) is 4.26. The first-order valence-electron chi connectivity index (χ1n) is 8.59. The van der Waals surface area contributed by atoms with Crippen LogP contribution in [-0.4, -0.2) is 31.2 Å². The molecule has 1 aliphatic heterocycles. The summed E-state index contributed by atoms with van der Waals surface area (Å²) in [6.45, 7) is 0.765. The number of benzene rings is 2. The largest absolute Gasteiger partial charge is 0.486 e. The molecule has 0 aliphatic carbocycles. The monoisotopic (exact) mass is 403 g/mol. The quantitative estimate of drug-likeness (QED) is 0.707. The maximum absolute atomic E-state index is 13.8. The van der Waals surface area contributed by atoms with Crippen LogP contribution in [0.3, 0.4) is 0 Å². The zero-order valence-corrected chi connectivity index (χ0v) is 15.8. The first-order valence-corrected chi connectivity index (χ1v) is 10.1. The Bertz CT molecular complexity index is 1110. The molecule has 0 spiro atoms. The van der Waals surface area contributed by atoms with Gasteiger partial charge in [0.1, 0.15) is 30.9 Å². The molecular formula is C19H18FN3O4S. The summed E-state index contributed by atoms with van der Waals surface area (Å²) in [7, 11) is -2.22.